The molecular weight excluding hydrogens is 478 g/mol. The minimum absolute atomic E-state index is 0.242. The normalized spacial score (nSPS) is 14.4. The molecule has 0 unspecified atom stereocenters. The summed E-state index contributed by atoms with van der Waals surface area (Å²) in [6.07, 6.45) is 4.69. The van der Waals surface area contributed by atoms with E-state index < -0.39 is 0 Å². The van der Waals surface area contributed by atoms with Crippen LogP contribution in [0.5, 0.6) is 0 Å². The van der Waals surface area contributed by atoms with Gasteiger partial charge in [0.05, 0.1) is 35.6 Å². The van der Waals surface area contributed by atoms with E-state index in [1.807, 2.05) is 24.4 Å². The van der Waals surface area contributed by atoms with Gasteiger partial charge in [0.25, 0.3) is 0 Å². The van der Waals surface area contributed by atoms with Gasteiger partial charge in [0.2, 0.25) is 0 Å². The highest BCUT2D eigenvalue weighted by molar-refractivity contribution is 7.22. The predicted molar refractivity (Wildman–Crippen MR) is 144 cm³/mol. The van der Waals surface area contributed by atoms with Crippen molar-refractivity contribution in [3.63, 3.8) is 0 Å². The van der Waals surface area contributed by atoms with Crippen molar-refractivity contribution in [1.82, 2.24) is 15.0 Å². The molecule has 0 N–H and O–H groups in total. The Labute approximate surface area is 214 Å². The standard InChI is InChI=1S/C28H28ClN3O2S/c1-17-15-23-25(24(18-5-7-20(29)8-6-18)21(17)16-34-28(2,3)4)35-27(32-23)22-9-12-30-26(31-22)19-10-13-33-14-11-19/h5-10,12,15H,11,13-14,16H2,1-4H3. The lowest BCUT2D eigenvalue weighted by molar-refractivity contribution is -0.0149. The summed E-state index contributed by atoms with van der Waals surface area (Å²) in [7, 11) is 0. The predicted octanol–water partition coefficient (Wildman–Crippen LogP) is 7.50. The van der Waals surface area contributed by atoms with Crippen molar-refractivity contribution < 1.29 is 9.47 Å². The van der Waals surface area contributed by atoms with Crippen molar-refractivity contribution in [1.29, 1.82) is 0 Å². The Kier molecular flexibility index (Phi) is 6.73. The number of aryl methyl sites for hydroxylation is 1. The number of fused-ring (bicyclic) bond motifs is 1. The second kappa shape index (κ2) is 9.78. The summed E-state index contributed by atoms with van der Waals surface area (Å²) in [6, 6.07) is 12.1. The fourth-order valence-corrected chi connectivity index (χ4v) is 5.34. The molecule has 1 aliphatic heterocycles. The number of hydrogen-bond acceptors (Lipinski definition) is 6. The third-order valence-corrected chi connectivity index (χ3v) is 7.28. The van der Waals surface area contributed by atoms with E-state index in [1.165, 1.54) is 5.56 Å². The largest absolute Gasteiger partial charge is 0.377 e. The molecule has 0 fully saturated rings. The molecule has 0 radical (unpaired) electrons. The zero-order valence-electron chi connectivity index (χ0n) is 20.4. The number of benzene rings is 2. The van der Waals surface area contributed by atoms with Gasteiger partial charge in [-0.1, -0.05) is 29.8 Å². The van der Waals surface area contributed by atoms with E-state index in [2.05, 4.69) is 57.0 Å². The van der Waals surface area contributed by atoms with Crippen molar-refractivity contribution in [3.05, 3.63) is 70.6 Å². The molecule has 1 aliphatic rings. The molecule has 5 nitrogen and oxygen atoms in total. The number of thiazole rings is 1. The quantitative estimate of drug-likeness (QED) is 0.281. The van der Waals surface area contributed by atoms with Gasteiger partial charge in [-0.3, -0.25) is 0 Å². The van der Waals surface area contributed by atoms with Crippen LogP contribution in [0.15, 0.2) is 48.7 Å². The highest BCUT2D eigenvalue weighted by Gasteiger charge is 2.21. The number of rotatable bonds is 5. The molecule has 4 aromatic rings. The summed E-state index contributed by atoms with van der Waals surface area (Å²) in [5.41, 5.74) is 7.23. The van der Waals surface area contributed by atoms with Crippen LogP contribution in [0.25, 0.3) is 37.6 Å². The van der Waals surface area contributed by atoms with Gasteiger partial charge < -0.3 is 9.47 Å². The lowest BCUT2D eigenvalue weighted by Crippen LogP contribution is -2.19. The van der Waals surface area contributed by atoms with Crippen LogP contribution in [0.4, 0.5) is 0 Å². The maximum Gasteiger partial charge on any atom is 0.155 e. The molecule has 5 rings (SSSR count). The van der Waals surface area contributed by atoms with Gasteiger partial charge in [0.1, 0.15) is 10.7 Å². The molecule has 35 heavy (non-hydrogen) atoms. The molecule has 0 saturated heterocycles. The van der Waals surface area contributed by atoms with Crippen LogP contribution in [-0.2, 0) is 16.1 Å². The number of halogens is 1. The van der Waals surface area contributed by atoms with Gasteiger partial charge in [0.15, 0.2) is 5.82 Å². The SMILES string of the molecule is Cc1cc2nc(-c3ccnc(C4=CCOCC4)n3)sc2c(-c2ccc(Cl)cc2)c1COC(C)(C)C. The second-order valence-corrected chi connectivity index (χ2v) is 11.1. The van der Waals surface area contributed by atoms with Crippen molar-refractivity contribution in [2.45, 2.75) is 46.3 Å². The lowest BCUT2D eigenvalue weighted by Gasteiger charge is -2.22. The lowest BCUT2D eigenvalue weighted by atomic mass is 9.95. The van der Waals surface area contributed by atoms with E-state index in [4.69, 9.17) is 31.0 Å². The fourth-order valence-electron chi connectivity index (χ4n) is 4.10. The van der Waals surface area contributed by atoms with Crippen LogP contribution >= 0.6 is 22.9 Å². The molecular formula is C28H28ClN3O2S. The topological polar surface area (TPSA) is 57.1 Å². The van der Waals surface area contributed by atoms with Gasteiger partial charge >= 0.3 is 0 Å². The average Bonchev–Trinajstić information content (AvgIpc) is 3.27. The maximum atomic E-state index is 6.23. The summed E-state index contributed by atoms with van der Waals surface area (Å²) >= 11 is 7.86. The first-order valence-corrected chi connectivity index (χ1v) is 12.9. The molecule has 3 heterocycles. The molecule has 0 bridgehead atoms. The van der Waals surface area contributed by atoms with Gasteiger partial charge in [-0.15, -0.1) is 11.3 Å². The van der Waals surface area contributed by atoms with Crippen LogP contribution < -0.4 is 0 Å². The van der Waals surface area contributed by atoms with Crippen molar-refractivity contribution >= 4 is 38.7 Å². The van der Waals surface area contributed by atoms with E-state index in [9.17, 15) is 0 Å². The average molecular weight is 506 g/mol. The minimum atomic E-state index is -0.242. The minimum Gasteiger partial charge on any atom is -0.377 e. The van der Waals surface area contributed by atoms with Crippen molar-refractivity contribution in [2.24, 2.45) is 0 Å². The highest BCUT2D eigenvalue weighted by atomic mass is 35.5. The molecule has 2 aromatic carbocycles. The van der Waals surface area contributed by atoms with Gasteiger partial charge in [-0.25, -0.2) is 15.0 Å². The van der Waals surface area contributed by atoms with Crippen LogP contribution in [0, 0.1) is 6.92 Å². The summed E-state index contributed by atoms with van der Waals surface area (Å²) in [4.78, 5) is 14.4. The van der Waals surface area contributed by atoms with Crippen LogP contribution in [0.2, 0.25) is 5.02 Å². The molecule has 2 aromatic heterocycles. The van der Waals surface area contributed by atoms with Gasteiger partial charge in [0, 0.05) is 16.8 Å². The number of ether oxygens (including phenoxy) is 2. The zero-order chi connectivity index (χ0) is 24.6. The fraction of sp³-hybridized carbons (Fsp3) is 0.321. The van der Waals surface area contributed by atoms with Crippen molar-refractivity contribution in [2.75, 3.05) is 13.2 Å². The number of nitrogens with zero attached hydrogens (tertiary/aromatic N) is 3. The Bertz CT molecular complexity index is 1400. The summed E-state index contributed by atoms with van der Waals surface area (Å²) in [5.74, 6) is 0.749. The van der Waals surface area contributed by atoms with Gasteiger partial charge in [-0.05, 0) is 80.6 Å². The third-order valence-electron chi connectivity index (χ3n) is 5.92. The maximum absolute atomic E-state index is 6.23. The molecule has 0 atom stereocenters. The molecule has 0 spiro atoms. The number of hydrogen-bond donors (Lipinski definition) is 0. The smallest absolute Gasteiger partial charge is 0.155 e. The summed E-state index contributed by atoms with van der Waals surface area (Å²) < 4.78 is 12.8. The Balaban J connectivity index is 1.65. The Morgan fingerprint density at radius 1 is 1.11 bits per heavy atom. The first-order chi connectivity index (χ1) is 16.8. The Morgan fingerprint density at radius 2 is 1.91 bits per heavy atom. The second-order valence-electron chi connectivity index (χ2n) is 9.64. The van der Waals surface area contributed by atoms with Crippen LogP contribution in [0.3, 0.4) is 0 Å². The monoisotopic (exact) mass is 505 g/mol. The molecule has 0 aliphatic carbocycles. The van der Waals surface area contributed by atoms with E-state index in [0.29, 0.717) is 24.8 Å². The molecule has 7 heteroatoms. The zero-order valence-corrected chi connectivity index (χ0v) is 22.0. The third kappa shape index (κ3) is 5.31. The summed E-state index contributed by atoms with van der Waals surface area (Å²) in [6.45, 7) is 10.2. The van der Waals surface area contributed by atoms with E-state index in [-0.39, 0.29) is 5.60 Å². The Morgan fingerprint density at radius 3 is 2.63 bits per heavy atom. The number of aromatic nitrogens is 3. The first kappa shape index (κ1) is 24.1. The molecule has 0 saturated carbocycles. The summed E-state index contributed by atoms with van der Waals surface area (Å²) in [5, 5.41) is 1.59. The Hall–Kier alpha value is -2.64. The van der Waals surface area contributed by atoms with Crippen LogP contribution in [0.1, 0.15) is 44.1 Å². The molecule has 180 valence electrons. The van der Waals surface area contributed by atoms with E-state index in [1.54, 1.807) is 11.3 Å². The van der Waals surface area contributed by atoms with E-state index >= 15 is 0 Å². The van der Waals surface area contributed by atoms with Gasteiger partial charge in [-0.2, -0.15) is 0 Å². The van der Waals surface area contributed by atoms with E-state index in [0.717, 1.165) is 55.4 Å². The van der Waals surface area contributed by atoms with Crippen molar-refractivity contribution in [3.8, 4) is 21.8 Å². The molecule has 0 amide bonds. The highest BCUT2D eigenvalue weighted by Crippen LogP contribution is 2.41. The first-order valence-electron chi connectivity index (χ1n) is 11.7. The van der Waals surface area contributed by atoms with Crippen LogP contribution in [-0.4, -0.2) is 33.8 Å².